The molecule has 0 aromatic heterocycles. The van der Waals surface area contributed by atoms with E-state index in [1.165, 1.54) is 32.7 Å². The van der Waals surface area contributed by atoms with Gasteiger partial charge >= 0.3 is 17.9 Å². The van der Waals surface area contributed by atoms with Crippen LogP contribution in [0.1, 0.15) is 115 Å². The maximum Gasteiger partial charge on any atom is 0.321 e. The van der Waals surface area contributed by atoms with Gasteiger partial charge in [0.1, 0.15) is 46.5 Å². The molecular weight excluding hydrogens is 861 g/mol. The zero-order chi connectivity index (χ0) is 52.8. The van der Waals surface area contributed by atoms with Gasteiger partial charge in [-0.1, -0.05) is 27.7 Å². The fourth-order valence-electron chi connectivity index (χ4n) is 4.76. The second kappa shape index (κ2) is 53.4. The first-order chi connectivity index (χ1) is 29.9. The topological polar surface area (TPSA) is 319 Å². The molecule has 392 valence electrons. The maximum atomic E-state index is 11.0. The smallest absolute Gasteiger partial charge is 0.321 e. The van der Waals surface area contributed by atoms with E-state index in [0.717, 1.165) is 25.8 Å². The highest BCUT2D eigenvalue weighted by Crippen LogP contribution is 2.02. The van der Waals surface area contributed by atoms with Gasteiger partial charge in [0.05, 0.1) is 44.2 Å². The van der Waals surface area contributed by atoms with Crippen molar-refractivity contribution < 1.29 is 63.3 Å². The van der Waals surface area contributed by atoms with Crippen LogP contribution in [0, 0.1) is 5.92 Å². The molecule has 0 saturated heterocycles. The van der Waals surface area contributed by atoms with E-state index in [2.05, 4.69) is 37.2 Å². The SMILES string of the molecule is C.CC(=O)CN(C)CC(=O)O.CNC(C(C)=O)C(C)C.CNC(C)C(C)=O.CNC(CC(C)=O)C(=O)O.CNC(CC(C)=O)CC(=O)O.CNCC(C)=O.CNCCCCC(NC)C(C)=O. The lowest BCUT2D eigenvalue weighted by Crippen LogP contribution is -2.36. The summed E-state index contributed by atoms with van der Waals surface area (Å²) < 4.78 is 0. The summed E-state index contributed by atoms with van der Waals surface area (Å²) in [5.74, 6) is -1.72. The Balaban J connectivity index is -0.0000000998. The highest BCUT2D eigenvalue weighted by molar-refractivity contribution is 5.84. The predicted octanol–water partition coefficient (Wildman–Crippen LogP) is 1.24. The summed E-state index contributed by atoms with van der Waals surface area (Å²) in [5, 5.41) is 44.9. The van der Waals surface area contributed by atoms with E-state index < -0.39 is 23.9 Å². The number of carbonyl (C=O) groups excluding carboxylic acids is 7. The third-order valence-corrected chi connectivity index (χ3v) is 8.29. The molecule has 5 atom stereocenters. The molecule has 0 aromatic rings. The van der Waals surface area contributed by atoms with Crippen molar-refractivity contribution in [2.24, 2.45) is 5.92 Å². The molecule has 0 amide bonds. The number of nitrogens with zero attached hydrogens (tertiary/aromatic N) is 1. The maximum absolute atomic E-state index is 11.0. The minimum absolute atomic E-state index is 0. The molecule has 5 unspecified atom stereocenters. The van der Waals surface area contributed by atoms with Crippen LogP contribution in [0.3, 0.4) is 0 Å². The Labute approximate surface area is 396 Å². The summed E-state index contributed by atoms with van der Waals surface area (Å²) in [6.07, 6.45) is 3.52. The van der Waals surface area contributed by atoms with E-state index in [0.29, 0.717) is 12.5 Å². The predicted molar refractivity (Wildman–Crippen MR) is 262 cm³/mol. The number of carbonyl (C=O) groups is 10. The third-order valence-electron chi connectivity index (χ3n) is 8.29. The van der Waals surface area contributed by atoms with E-state index in [9.17, 15) is 47.9 Å². The molecule has 0 aliphatic rings. The van der Waals surface area contributed by atoms with Crippen LogP contribution in [-0.4, -0.2) is 191 Å². The van der Waals surface area contributed by atoms with Gasteiger partial charge in [-0.25, -0.2) is 0 Å². The van der Waals surface area contributed by atoms with Crippen molar-refractivity contribution in [1.29, 1.82) is 0 Å². The Bertz CT molecular complexity index is 1300. The molecule has 0 heterocycles. The molecule has 0 aliphatic carbocycles. The molecule has 0 saturated carbocycles. The van der Waals surface area contributed by atoms with Gasteiger partial charge in [-0.2, -0.15) is 0 Å². The highest BCUT2D eigenvalue weighted by Gasteiger charge is 2.16. The second-order valence-corrected chi connectivity index (χ2v) is 15.4. The number of Topliss-reactive ketones (excluding diaryl/α,β-unsaturated/α-hetero) is 7. The van der Waals surface area contributed by atoms with E-state index in [1.807, 2.05) is 41.9 Å². The molecule has 0 bridgehead atoms. The lowest BCUT2D eigenvalue weighted by atomic mass is 10.0. The van der Waals surface area contributed by atoms with Crippen LogP contribution in [0.2, 0.25) is 0 Å². The Hall–Kier alpha value is -4.22. The van der Waals surface area contributed by atoms with Gasteiger partial charge in [0, 0.05) is 18.9 Å². The number of carboxylic acid groups (broad SMARTS) is 3. The molecule has 21 nitrogen and oxygen atoms in total. The number of aliphatic carboxylic acids is 3. The summed E-state index contributed by atoms with van der Waals surface area (Å²) in [5.41, 5.74) is 0. The minimum Gasteiger partial charge on any atom is -0.481 e. The Morgan fingerprint density at radius 2 is 0.985 bits per heavy atom. The first-order valence-electron chi connectivity index (χ1n) is 21.4. The summed E-state index contributed by atoms with van der Waals surface area (Å²) in [6.45, 7) is 18.2. The molecule has 0 aromatic carbocycles. The van der Waals surface area contributed by atoms with Gasteiger partial charge in [-0.05, 0) is 137 Å². The zero-order valence-corrected chi connectivity index (χ0v) is 42.9. The van der Waals surface area contributed by atoms with Crippen molar-refractivity contribution >= 4 is 58.4 Å². The number of rotatable bonds is 27. The first kappa shape index (κ1) is 78.9. The molecule has 0 aliphatic heterocycles. The van der Waals surface area contributed by atoms with Crippen molar-refractivity contribution in [2.75, 3.05) is 82.6 Å². The molecular formula is C45H94N8O13. The summed E-state index contributed by atoms with van der Waals surface area (Å²) in [7, 11) is 13.9. The van der Waals surface area contributed by atoms with Crippen molar-refractivity contribution in [3.8, 4) is 0 Å². The van der Waals surface area contributed by atoms with Gasteiger partial charge in [0.2, 0.25) is 0 Å². The van der Waals surface area contributed by atoms with E-state index in [4.69, 9.17) is 15.3 Å². The Morgan fingerprint density at radius 1 is 0.500 bits per heavy atom. The summed E-state index contributed by atoms with van der Waals surface area (Å²) >= 11 is 0. The average Bonchev–Trinajstić information content (AvgIpc) is 3.16. The molecule has 21 heteroatoms. The number of nitrogens with one attached hydrogen (secondary N) is 7. The van der Waals surface area contributed by atoms with Crippen LogP contribution < -0.4 is 37.2 Å². The number of carboxylic acids is 3. The van der Waals surface area contributed by atoms with Gasteiger partial charge < -0.3 is 52.5 Å². The van der Waals surface area contributed by atoms with Gasteiger partial charge in [0.25, 0.3) is 0 Å². The number of unbranched alkanes of at least 4 members (excludes halogenated alkanes) is 1. The Morgan fingerprint density at radius 3 is 1.17 bits per heavy atom. The fraction of sp³-hybridized carbons (Fsp3) is 0.778. The summed E-state index contributed by atoms with van der Waals surface area (Å²) in [4.78, 5) is 105. The largest absolute Gasteiger partial charge is 0.481 e. The summed E-state index contributed by atoms with van der Waals surface area (Å²) in [6, 6.07) is -0.866. The van der Waals surface area contributed by atoms with Gasteiger partial charge in [-0.15, -0.1) is 0 Å². The lowest BCUT2D eigenvalue weighted by molar-refractivity contribution is -0.141. The van der Waals surface area contributed by atoms with Crippen LogP contribution in [0.5, 0.6) is 0 Å². The first-order valence-corrected chi connectivity index (χ1v) is 21.4. The molecule has 0 spiro atoms. The lowest BCUT2D eigenvalue weighted by Gasteiger charge is -2.15. The van der Waals surface area contributed by atoms with Crippen LogP contribution in [-0.2, 0) is 47.9 Å². The monoisotopic (exact) mass is 955 g/mol. The molecule has 66 heavy (non-hydrogen) atoms. The number of ketones is 7. The van der Waals surface area contributed by atoms with Crippen molar-refractivity contribution in [2.45, 2.75) is 145 Å². The van der Waals surface area contributed by atoms with Crippen LogP contribution in [0.15, 0.2) is 0 Å². The molecule has 0 fully saturated rings. The van der Waals surface area contributed by atoms with Crippen LogP contribution in [0.4, 0.5) is 0 Å². The fourth-order valence-corrected chi connectivity index (χ4v) is 4.76. The van der Waals surface area contributed by atoms with E-state index in [1.54, 1.807) is 55.9 Å². The van der Waals surface area contributed by atoms with E-state index >= 15 is 0 Å². The number of likely N-dealkylation sites (N-methyl/N-ethyl adjacent to an activating group) is 6. The third kappa shape index (κ3) is 68.8. The van der Waals surface area contributed by atoms with Crippen molar-refractivity contribution in [1.82, 2.24) is 42.1 Å². The number of hydrogen-bond donors (Lipinski definition) is 10. The number of hydrogen-bond acceptors (Lipinski definition) is 18. The van der Waals surface area contributed by atoms with Crippen molar-refractivity contribution in [3.63, 3.8) is 0 Å². The average molecular weight is 955 g/mol. The Kier molecular flexibility index (Phi) is 63.8. The highest BCUT2D eigenvalue weighted by atomic mass is 16.4. The van der Waals surface area contributed by atoms with Crippen molar-refractivity contribution in [3.05, 3.63) is 0 Å². The minimum atomic E-state index is -0.988. The normalized spacial score (nSPS) is 11.9. The van der Waals surface area contributed by atoms with Gasteiger partial charge in [0.15, 0.2) is 0 Å². The second-order valence-electron chi connectivity index (χ2n) is 15.4. The van der Waals surface area contributed by atoms with Crippen LogP contribution in [0.25, 0.3) is 0 Å². The van der Waals surface area contributed by atoms with Crippen LogP contribution >= 0.6 is 0 Å². The molecule has 10 N–H and O–H groups in total. The van der Waals surface area contributed by atoms with Gasteiger partial charge in [-0.3, -0.25) is 52.8 Å². The van der Waals surface area contributed by atoms with E-state index in [-0.39, 0.29) is 104 Å². The quantitative estimate of drug-likeness (QED) is 0.0518. The molecule has 0 rings (SSSR count). The molecule has 0 radical (unpaired) electrons. The zero-order valence-electron chi connectivity index (χ0n) is 42.9. The standard InChI is InChI=1S/C9H20N2O.C7H13NO3.C7H15NO.2C6H11NO3.C5H11NO.C4H9NO.CH4/c1-8(12)9(11-3)6-4-5-7-10-2;1-5(9)3-6(8-2)4-7(10)11;1-5(2)7(8-4)6(3)9;1-5(8)3-7(2)4-6(9)10;1-4(8)3-5(7-2)6(9)10;1-4(6-3)5(2)7;1-4(6)3-5-2;/h9-11H,4-7H2,1-3H3;6,8H,3-4H2,1-2H3,(H,10,11);5,7-8H,1-4H3;3-4H2,1-2H3,(H,9,10);5,7H,3H2,1-2H3,(H,9,10);4,6H,1-3H3;5H,3H2,1-2H3;1H4.